The van der Waals surface area contributed by atoms with Crippen molar-refractivity contribution in [3.63, 3.8) is 0 Å². The SMILES string of the molecule is CN=C(NCCC(=O)N1CCCC(C)C1)NCC1CCCN1Cc1ccccc1. The van der Waals surface area contributed by atoms with Crippen LogP contribution < -0.4 is 10.6 Å². The second-order valence-electron chi connectivity index (χ2n) is 8.47. The number of nitrogens with one attached hydrogen (secondary N) is 2. The van der Waals surface area contributed by atoms with E-state index in [1.165, 1.54) is 24.8 Å². The van der Waals surface area contributed by atoms with E-state index in [1.54, 1.807) is 7.05 Å². The highest BCUT2D eigenvalue weighted by Crippen LogP contribution is 2.19. The van der Waals surface area contributed by atoms with Gasteiger partial charge >= 0.3 is 0 Å². The second kappa shape index (κ2) is 11.2. The number of nitrogens with zero attached hydrogens (tertiary/aromatic N) is 3. The number of aliphatic imine (C=N–C) groups is 1. The zero-order chi connectivity index (χ0) is 20.5. The maximum Gasteiger partial charge on any atom is 0.224 e. The summed E-state index contributed by atoms with van der Waals surface area (Å²) in [6.45, 7) is 7.71. The molecule has 6 heteroatoms. The summed E-state index contributed by atoms with van der Waals surface area (Å²) in [5.41, 5.74) is 1.37. The van der Waals surface area contributed by atoms with Crippen molar-refractivity contribution in [1.82, 2.24) is 20.4 Å². The van der Waals surface area contributed by atoms with Crippen LogP contribution in [-0.4, -0.2) is 67.5 Å². The van der Waals surface area contributed by atoms with Crippen LogP contribution in [0.4, 0.5) is 0 Å². The number of piperidine rings is 1. The summed E-state index contributed by atoms with van der Waals surface area (Å²) >= 11 is 0. The van der Waals surface area contributed by atoms with E-state index in [-0.39, 0.29) is 5.91 Å². The van der Waals surface area contributed by atoms with Gasteiger partial charge in [-0.3, -0.25) is 14.7 Å². The molecule has 29 heavy (non-hydrogen) atoms. The van der Waals surface area contributed by atoms with Crippen LogP contribution in [0.5, 0.6) is 0 Å². The minimum Gasteiger partial charge on any atom is -0.356 e. The van der Waals surface area contributed by atoms with Crippen molar-refractivity contribution in [2.24, 2.45) is 10.9 Å². The molecule has 1 aromatic carbocycles. The molecule has 1 aromatic rings. The van der Waals surface area contributed by atoms with Crippen molar-refractivity contribution >= 4 is 11.9 Å². The first-order valence-electron chi connectivity index (χ1n) is 11.2. The number of hydrogen-bond donors (Lipinski definition) is 2. The Kier molecular flexibility index (Phi) is 8.35. The molecule has 0 aromatic heterocycles. The topological polar surface area (TPSA) is 60.0 Å². The third-order valence-corrected chi connectivity index (χ3v) is 6.10. The molecular weight excluding hydrogens is 362 g/mol. The summed E-state index contributed by atoms with van der Waals surface area (Å²) in [5.74, 6) is 1.67. The molecule has 2 heterocycles. The fraction of sp³-hybridized carbons (Fsp3) is 0.652. The molecule has 0 spiro atoms. The molecule has 0 radical (unpaired) electrons. The van der Waals surface area contributed by atoms with Gasteiger partial charge in [-0.05, 0) is 43.7 Å². The number of likely N-dealkylation sites (tertiary alicyclic amines) is 2. The summed E-state index contributed by atoms with van der Waals surface area (Å²) in [6, 6.07) is 11.2. The first-order valence-corrected chi connectivity index (χ1v) is 11.2. The average Bonchev–Trinajstić information content (AvgIpc) is 3.18. The quantitative estimate of drug-likeness (QED) is 0.546. The van der Waals surface area contributed by atoms with Gasteiger partial charge in [0, 0.05) is 52.2 Å². The van der Waals surface area contributed by atoms with Gasteiger partial charge in [0.05, 0.1) is 0 Å². The fourth-order valence-electron chi connectivity index (χ4n) is 4.45. The van der Waals surface area contributed by atoms with Crippen LogP contribution in [0, 0.1) is 5.92 Å². The Bertz CT molecular complexity index is 662. The Labute approximate surface area is 175 Å². The van der Waals surface area contributed by atoms with Crippen LogP contribution in [0.2, 0.25) is 0 Å². The van der Waals surface area contributed by atoms with Gasteiger partial charge in [0.15, 0.2) is 5.96 Å². The van der Waals surface area contributed by atoms with Gasteiger partial charge in [0.1, 0.15) is 0 Å². The lowest BCUT2D eigenvalue weighted by atomic mass is 10.00. The van der Waals surface area contributed by atoms with Crippen molar-refractivity contribution in [1.29, 1.82) is 0 Å². The molecule has 2 atom stereocenters. The maximum atomic E-state index is 12.4. The van der Waals surface area contributed by atoms with Crippen LogP contribution >= 0.6 is 0 Å². The molecule has 6 nitrogen and oxygen atoms in total. The van der Waals surface area contributed by atoms with E-state index in [4.69, 9.17) is 0 Å². The predicted molar refractivity (Wildman–Crippen MR) is 119 cm³/mol. The summed E-state index contributed by atoms with van der Waals surface area (Å²) < 4.78 is 0. The highest BCUT2D eigenvalue weighted by atomic mass is 16.2. The Morgan fingerprint density at radius 2 is 1.93 bits per heavy atom. The van der Waals surface area contributed by atoms with Crippen LogP contribution in [0.25, 0.3) is 0 Å². The van der Waals surface area contributed by atoms with Gasteiger partial charge in [-0.2, -0.15) is 0 Å². The number of benzene rings is 1. The molecule has 160 valence electrons. The molecule has 0 bridgehead atoms. The van der Waals surface area contributed by atoms with Crippen molar-refractivity contribution in [2.75, 3.05) is 39.8 Å². The first kappa shape index (κ1) is 21.6. The summed E-state index contributed by atoms with van der Waals surface area (Å²) in [6.07, 6.45) is 5.35. The zero-order valence-corrected chi connectivity index (χ0v) is 18.1. The number of amides is 1. The molecule has 3 rings (SSSR count). The lowest BCUT2D eigenvalue weighted by Crippen LogP contribution is -2.46. The molecule has 2 fully saturated rings. The Morgan fingerprint density at radius 3 is 2.69 bits per heavy atom. The van der Waals surface area contributed by atoms with Crippen LogP contribution in [-0.2, 0) is 11.3 Å². The van der Waals surface area contributed by atoms with E-state index in [0.717, 1.165) is 45.1 Å². The van der Waals surface area contributed by atoms with Crippen molar-refractivity contribution in [3.8, 4) is 0 Å². The molecule has 2 aliphatic heterocycles. The molecule has 2 aliphatic rings. The second-order valence-corrected chi connectivity index (χ2v) is 8.47. The number of carbonyl (C=O) groups is 1. The van der Waals surface area contributed by atoms with Gasteiger partial charge < -0.3 is 15.5 Å². The Hall–Kier alpha value is -2.08. The molecule has 2 N–H and O–H groups in total. The van der Waals surface area contributed by atoms with Gasteiger partial charge in [0.25, 0.3) is 0 Å². The largest absolute Gasteiger partial charge is 0.356 e. The Morgan fingerprint density at radius 1 is 1.14 bits per heavy atom. The Balaban J connectivity index is 1.38. The normalized spacial score (nSPS) is 23.2. The van der Waals surface area contributed by atoms with E-state index in [0.29, 0.717) is 24.9 Å². The summed E-state index contributed by atoms with van der Waals surface area (Å²) in [4.78, 5) is 21.3. The molecule has 0 aliphatic carbocycles. The molecule has 2 saturated heterocycles. The lowest BCUT2D eigenvalue weighted by Gasteiger charge is -2.31. The van der Waals surface area contributed by atoms with Gasteiger partial charge in [-0.15, -0.1) is 0 Å². The fourth-order valence-corrected chi connectivity index (χ4v) is 4.45. The number of hydrogen-bond acceptors (Lipinski definition) is 3. The predicted octanol–water partition coefficient (Wildman–Crippen LogP) is 2.46. The van der Waals surface area contributed by atoms with Gasteiger partial charge in [-0.25, -0.2) is 0 Å². The highest BCUT2D eigenvalue weighted by Gasteiger charge is 2.24. The van der Waals surface area contributed by atoms with Crippen LogP contribution in [0.15, 0.2) is 35.3 Å². The maximum absolute atomic E-state index is 12.4. The third-order valence-electron chi connectivity index (χ3n) is 6.10. The minimum atomic E-state index is 0.254. The van der Waals surface area contributed by atoms with Gasteiger partial charge in [-0.1, -0.05) is 37.3 Å². The van der Waals surface area contributed by atoms with E-state index in [9.17, 15) is 4.79 Å². The lowest BCUT2D eigenvalue weighted by molar-refractivity contribution is -0.132. The number of rotatable bonds is 7. The highest BCUT2D eigenvalue weighted by molar-refractivity contribution is 5.81. The first-order chi connectivity index (χ1) is 14.2. The molecular formula is C23H37N5O. The van der Waals surface area contributed by atoms with Crippen LogP contribution in [0.3, 0.4) is 0 Å². The van der Waals surface area contributed by atoms with Gasteiger partial charge in [0.2, 0.25) is 5.91 Å². The van der Waals surface area contributed by atoms with E-state index in [2.05, 4.69) is 57.8 Å². The standard InChI is InChI=1S/C23H37N5O/c1-19-8-6-15-28(17-19)22(29)12-13-25-23(24-2)26-16-21-11-7-14-27(21)18-20-9-4-3-5-10-20/h3-5,9-10,19,21H,6-8,11-18H2,1-2H3,(H2,24,25,26). The van der Waals surface area contributed by atoms with E-state index in [1.807, 2.05) is 4.90 Å². The average molecular weight is 400 g/mol. The van der Waals surface area contributed by atoms with Crippen molar-refractivity contribution in [3.05, 3.63) is 35.9 Å². The molecule has 1 amide bonds. The third kappa shape index (κ3) is 6.74. The molecule has 0 saturated carbocycles. The van der Waals surface area contributed by atoms with E-state index < -0.39 is 0 Å². The summed E-state index contributed by atoms with van der Waals surface area (Å²) in [7, 11) is 1.79. The van der Waals surface area contributed by atoms with Crippen molar-refractivity contribution < 1.29 is 4.79 Å². The smallest absolute Gasteiger partial charge is 0.224 e. The number of carbonyl (C=O) groups excluding carboxylic acids is 1. The zero-order valence-electron chi connectivity index (χ0n) is 18.1. The summed E-state index contributed by atoms with van der Waals surface area (Å²) in [5, 5.41) is 6.77. The monoisotopic (exact) mass is 399 g/mol. The number of guanidine groups is 1. The minimum absolute atomic E-state index is 0.254. The van der Waals surface area contributed by atoms with Crippen LogP contribution in [0.1, 0.15) is 44.6 Å². The van der Waals surface area contributed by atoms with Crippen molar-refractivity contribution in [2.45, 2.75) is 51.6 Å². The van der Waals surface area contributed by atoms with E-state index >= 15 is 0 Å². The molecule has 2 unspecified atom stereocenters.